The molecule has 0 nitrogen and oxygen atoms in total. The van der Waals surface area contributed by atoms with Crippen molar-refractivity contribution in [3.05, 3.63) is 45.4 Å². The molecule has 15 heavy (non-hydrogen) atoms. The normalized spacial score (nSPS) is 13.7. The maximum absolute atomic E-state index is 12.6. The van der Waals surface area contributed by atoms with E-state index in [9.17, 15) is 13.2 Å². The third-order valence-electron chi connectivity index (χ3n) is 1.83. The number of halogens is 5. The smallest absolute Gasteiger partial charge is 0.170 e. The minimum atomic E-state index is -4.30. The fraction of sp³-hybridized carbons (Fsp3) is 0.200. The topological polar surface area (TPSA) is 0 Å². The van der Waals surface area contributed by atoms with Crippen molar-refractivity contribution in [2.45, 2.75) is 12.1 Å². The number of rotatable bonds is 2. The summed E-state index contributed by atoms with van der Waals surface area (Å²) in [5.41, 5.74) is 0.166. The number of hydrogen-bond acceptors (Lipinski definition) is 0. The van der Waals surface area contributed by atoms with E-state index in [0.29, 0.717) is 8.95 Å². The minimum Gasteiger partial charge on any atom is -0.170 e. The lowest BCUT2D eigenvalue weighted by Gasteiger charge is -2.17. The summed E-state index contributed by atoms with van der Waals surface area (Å²) in [6.45, 7) is 3.21. The first-order valence-electron chi connectivity index (χ1n) is 4.00. The summed E-state index contributed by atoms with van der Waals surface area (Å²) in [4.78, 5) is 0. The highest BCUT2D eigenvalue weighted by Crippen LogP contribution is 2.37. The lowest BCUT2D eigenvalue weighted by molar-refractivity contribution is -0.139. The molecule has 0 N–H and O–H groups in total. The molecule has 0 spiro atoms. The second-order valence-corrected chi connectivity index (χ2v) is 4.79. The first-order chi connectivity index (χ1) is 6.84. The first kappa shape index (κ1) is 12.8. The van der Waals surface area contributed by atoms with Gasteiger partial charge < -0.3 is 0 Å². The van der Waals surface area contributed by atoms with Crippen molar-refractivity contribution in [1.29, 1.82) is 0 Å². The molecule has 0 aliphatic rings. The van der Waals surface area contributed by atoms with Crippen LogP contribution in [0.3, 0.4) is 0 Å². The highest BCUT2D eigenvalue weighted by atomic mass is 79.9. The van der Waals surface area contributed by atoms with Gasteiger partial charge in [0.05, 0.1) is 5.92 Å². The highest BCUT2D eigenvalue weighted by Gasteiger charge is 2.38. The average molecular weight is 344 g/mol. The first-order valence-corrected chi connectivity index (χ1v) is 5.58. The molecule has 1 aromatic rings. The van der Waals surface area contributed by atoms with Gasteiger partial charge in [-0.25, -0.2) is 0 Å². The van der Waals surface area contributed by atoms with Crippen molar-refractivity contribution in [1.82, 2.24) is 0 Å². The van der Waals surface area contributed by atoms with Gasteiger partial charge in [-0.05, 0) is 23.8 Å². The van der Waals surface area contributed by atoms with Crippen molar-refractivity contribution in [2.75, 3.05) is 0 Å². The van der Waals surface area contributed by atoms with Crippen LogP contribution in [0.15, 0.2) is 39.8 Å². The Labute approximate surface area is 102 Å². The molecule has 1 atom stereocenters. The van der Waals surface area contributed by atoms with Crippen molar-refractivity contribution >= 4 is 31.9 Å². The Morgan fingerprint density at radius 1 is 1.13 bits per heavy atom. The molecule has 5 heteroatoms. The zero-order chi connectivity index (χ0) is 11.6. The zero-order valence-corrected chi connectivity index (χ0v) is 10.7. The van der Waals surface area contributed by atoms with Crippen LogP contribution >= 0.6 is 31.9 Å². The van der Waals surface area contributed by atoms with Gasteiger partial charge in [-0.15, -0.1) is 6.58 Å². The lowest BCUT2D eigenvalue weighted by Crippen LogP contribution is -2.18. The van der Waals surface area contributed by atoms with E-state index in [1.54, 1.807) is 6.07 Å². The van der Waals surface area contributed by atoms with E-state index in [0.717, 1.165) is 6.08 Å². The van der Waals surface area contributed by atoms with Crippen LogP contribution < -0.4 is 0 Å². The number of benzene rings is 1. The summed E-state index contributed by atoms with van der Waals surface area (Å²) in [5.74, 6) is -1.63. The van der Waals surface area contributed by atoms with Gasteiger partial charge in [-0.3, -0.25) is 0 Å². The van der Waals surface area contributed by atoms with E-state index < -0.39 is 12.1 Å². The maximum Gasteiger partial charge on any atom is 0.399 e. The van der Waals surface area contributed by atoms with Crippen LogP contribution in [-0.4, -0.2) is 6.18 Å². The molecule has 1 unspecified atom stereocenters. The van der Waals surface area contributed by atoms with Gasteiger partial charge in [-0.2, -0.15) is 13.2 Å². The van der Waals surface area contributed by atoms with Crippen LogP contribution in [0.4, 0.5) is 13.2 Å². The monoisotopic (exact) mass is 342 g/mol. The third kappa shape index (κ3) is 3.34. The Balaban J connectivity index is 3.18. The molecule has 1 rings (SSSR count). The third-order valence-corrected chi connectivity index (χ3v) is 2.75. The van der Waals surface area contributed by atoms with E-state index in [1.165, 1.54) is 12.1 Å². The number of hydrogen-bond donors (Lipinski definition) is 0. The van der Waals surface area contributed by atoms with Crippen LogP contribution in [0, 0.1) is 0 Å². The molecule has 0 aromatic heterocycles. The molecule has 1 aromatic carbocycles. The fourth-order valence-corrected chi connectivity index (χ4v) is 2.54. The van der Waals surface area contributed by atoms with Crippen LogP contribution in [0.25, 0.3) is 0 Å². The minimum absolute atomic E-state index is 0.166. The van der Waals surface area contributed by atoms with Crippen molar-refractivity contribution in [2.24, 2.45) is 0 Å². The number of alkyl halides is 3. The van der Waals surface area contributed by atoms with Crippen LogP contribution in [0.2, 0.25) is 0 Å². The Morgan fingerprint density at radius 2 is 1.60 bits per heavy atom. The van der Waals surface area contributed by atoms with E-state index >= 15 is 0 Å². The average Bonchev–Trinajstić information content (AvgIpc) is 1.99. The Hall–Kier alpha value is -0.290. The number of allylic oxidation sites excluding steroid dienone is 1. The van der Waals surface area contributed by atoms with Gasteiger partial charge in [0.25, 0.3) is 0 Å². The summed E-state index contributed by atoms with van der Waals surface area (Å²) in [6.07, 6.45) is -3.41. The molecule has 0 fully saturated rings. The maximum atomic E-state index is 12.6. The Bertz CT molecular complexity index is 351. The summed E-state index contributed by atoms with van der Waals surface area (Å²) < 4.78 is 38.9. The molecular weight excluding hydrogens is 337 g/mol. The summed E-state index contributed by atoms with van der Waals surface area (Å²) >= 11 is 6.29. The molecular formula is C10H7Br2F3. The molecule has 0 aliphatic heterocycles. The molecule has 0 heterocycles. The van der Waals surface area contributed by atoms with Crippen molar-refractivity contribution in [3.63, 3.8) is 0 Å². The quantitative estimate of drug-likeness (QED) is 0.659. The summed E-state index contributed by atoms with van der Waals surface area (Å²) in [5, 5.41) is 0. The Kier molecular flexibility index (Phi) is 4.00. The largest absolute Gasteiger partial charge is 0.399 e. The van der Waals surface area contributed by atoms with E-state index in [2.05, 4.69) is 38.4 Å². The second kappa shape index (κ2) is 4.70. The van der Waals surface area contributed by atoms with Gasteiger partial charge in [0.2, 0.25) is 0 Å². The van der Waals surface area contributed by atoms with E-state index in [4.69, 9.17) is 0 Å². The SMILES string of the molecule is C=CC(c1cc(Br)cc(Br)c1)C(F)(F)F. The van der Waals surface area contributed by atoms with Gasteiger partial charge in [0.1, 0.15) is 0 Å². The molecule has 0 saturated heterocycles. The van der Waals surface area contributed by atoms with Gasteiger partial charge >= 0.3 is 6.18 Å². The molecule has 82 valence electrons. The molecule has 0 radical (unpaired) electrons. The van der Waals surface area contributed by atoms with Gasteiger partial charge in [-0.1, -0.05) is 37.9 Å². The van der Waals surface area contributed by atoms with E-state index in [-0.39, 0.29) is 5.56 Å². The van der Waals surface area contributed by atoms with Crippen LogP contribution in [0.5, 0.6) is 0 Å². The second-order valence-electron chi connectivity index (χ2n) is 2.96. The predicted molar refractivity (Wildman–Crippen MR) is 60.8 cm³/mol. The van der Waals surface area contributed by atoms with E-state index in [1.807, 2.05) is 0 Å². The zero-order valence-electron chi connectivity index (χ0n) is 7.48. The highest BCUT2D eigenvalue weighted by molar-refractivity contribution is 9.11. The van der Waals surface area contributed by atoms with Gasteiger partial charge in [0.15, 0.2) is 0 Å². The van der Waals surface area contributed by atoms with Crippen molar-refractivity contribution in [3.8, 4) is 0 Å². The Morgan fingerprint density at radius 3 is 1.93 bits per heavy atom. The molecule has 0 aliphatic carbocycles. The standard InChI is InChI=1S/C10H7Br2F3/c1-2-9(10(13,14)15)6-3-7(11)5-8(12)4-6/h2-5,9H,1H2. The summed E-state index contributed by atoms with van der Waals surface area (Å²) in [6, 6.07) is 4.55. The fourth-order valence-electron chi connectivity index (χ4n) is 1.21. The molecule has 0 amide bonds. The van der Waals surface area contributed by atoms with Crippen LogP contribution in [0.1, 0.15) is 11.5 Å². The van der Waals surface area contributed by atoms with Crippen molar-refractivity contribution < 1.29 is 13.2 Å². The van der Waals surface area contributed by atoms with Crippen LogP contribution in [-0.2, 0) is 0 Å². The molecule has 0 bridgehead atoms. The summed E-state index contributed by atoms with van der Waals surface area (Å²) in [7, 11) is 0. The predicted octanol–water partition coefficient (Wildman–Crippen LogP) is 5.04. The van der Waals surface area contributed by atoms with Gasteiger partial charge in [0, 0.05) is 8.95 Å². The molecule has 0 saturated carbocycles. The lowest BCUT2D eigenvalue weighted by atomic mass is 9.99.